The van der Waals surface area contributed by atoms with Gasteiger partial charge in [-0.05, 0) is 60.4 Å². The Morgan fingerprint density at radius 2 is 1.77 bits per heavy atom. The fourth-order valence-corrected chi connectivity index (χ4v) is 5.17. The van der Waals surface area contributed by atoms with Crippen LogP contribution in [0.3, 0.4) is 0 Å². The molecule has 2 aromatic carbocycles. The smallest absolute Gasteiger partial charge is 0.255 e. The van der Waals surface area contributed by atoms with E-state index < -0.39 is 17.3 Å². The quantitative estimate of drug-likeness (QED) is 0.478. The van der Waals surface area contributed by atoms with Crippen molar-refractivity contribution in [2.75, 3.05) is 18.9 Å². The van der Waals surface area contributed by atoms with E-state index in [0.29, 0.717) is 36.2 Å². The minimum absolute atomic E-state index is 0.0627. The second-order valence-electron chi connectivity index (χ2n) is 9.02. The van der Waals surface area contributed by atoms with Crippen LogP contribution in [0.2, 0.25) is 5.02 Å². The molecule has 1 aliphatic carbocycles. The van der Waals surface area contributed by atoms with Gasteiger partial charge in [0.25, 0.3) is 5.91 Å². The van der Waals surface area contributed by atoms with Gasteiger partial charge < -0.3 is 16.0 Å². The van der Waals surface area contributed by atoms with E-state index in [1.54, 1.807) is 66.8 Å². The number of anilines is 1. The molecule has 1 fully saturated rings. The summed E-state index contributed by atoms with van der Waals surface area (Å²) in [6.07, 6.45) is 6.35. The first-order chi connectivity index (χ1) is 16.8. The van der Waals surface area contributed by atoms with Crippen LogP contribution in [-0.4, -0.2) is 35.3 Å². The van der Waals surface area contributed by atoms with Crippen LogP contribution in [0.4, 0.5) is 10.1 Å². The van der Waals surface area contributed by atoms with Gasteiger partial charge in [0.2, 0.25) is 5.91 Å². The fourth-order valence-electron chi connectivity index (χ4n) is 4.82. The Kier molecular flexibility index (Phi) is 7.48. The summed E-state index contributed by atoms with van der Waals surface area (Å²) in [7, 11) is 1.73. The van der Waals surface area contributed by atoms with Crippen molar-refractivity contribution in [3.8, 4) is 0 Å². The number of hydrogen-bond donors (Lipinski definition) is 2. The van der Waals surface area contributed by atoms with E-state index >= 15 is 0 Å². The highest BCUT2D eigenvalue weighted by atomic mass is 35.5. The molecule has 6 nitrogen and oxygen atoms in total. The zero-order chi connectivity index (χ0) is 25.0. The molecule has 1 aliphatic rings. The summed E-state index contributed by atoms with van der Waals surface area (Å²) < 4.78 is 13.6. The third kappa shape index (κ3) is 5.36. The molecule has 35 heavy (non-hydrogen) atoms. The van der Waals surface area contributed by atoms with Gasteiger partial charge in [0.15, 0.2) is 0 Å². The monoisotopic (exact) mass is 494 g/mol. The number of amides is 2. The third-order valence-electron chi connectivity index (χ3n) is 6.67. The molecule has 4 rings (SSSR count). The average molecular weight is 495 g/mol. The first kappa shape index (κ1) is 24.8. The molecule has 2 amide bonds. The van der Waals surface area contributed by atoms with E-state index in [1.807, 2.05) is 0 Å². The molecule has 0 aliphatic heterocycles. The van der Waals surface area contributed by atoms with E-state index in [1.165, 1.54) is 12.1 Å². The molecule has 0 bridgehead atoms. The number of nitrogens with zero attached hydrogens (tertiary/aromatic N) is 2. The van der Waals surface area contributed by atoms with Gasteiger partial charge in [-0.15, -0.1) is 0 Å². The van der Waals surface area contributed by atoms with Gasteiger partial charge in [-0.2, -0.15) is 0 Å². The van der Waals surface area contributed by atoms with Gasteiger partial charge in [-0.25, -0.2) is 4.39 Å². The van der Waals surface area contributed by atoms with E-state index in [0.717, 1.165) is 18.4 Å². The highest BCUT2D eigenvalue weighted by molar-refractivity contribution is 6.31. The van der Waals surface area contributed by atoms with Gasteiger partial charge in [0, 0.05) is 48.3 Å². The zero-order valence-corrected chi connectivity index (χ0v) is 20.3. The predicted molar refractivity (Wildman–Crippen MR) is 135 cm³/mol. The maximum atomic E-state index is 13.6. The van der Waals surface area contributed by atoms with Gasteiger partial charge in [-0.1, -0.05) is 42.6 Å². The number of hydrogen-bond acceptors (Lipinski definition) is 4. The third-order valence-corrected chi connectivity index (χ3v) is 6.98. The number of pyridine rings is 1. The highest BCUT2D eigenvalue weighted by Crippen LogP contribution is 2.45. The molecule has 1 heterocycles. The summed E-state index contributed by atoms with van der Waals surface area (Å²) in [5.41, 5.74) is 8.31. The van der Waals surface area contributed by atoms with Crippen LogP contribution in [0.5, 0.6) is 0 Å². The lowest BCUT2D eigenvalue weighted by atomic mass is 9.77. The van der Waals surface area contributed by atoms with Crippen LogP contribution >= 0.6 is 11.6 Å². The highest BCUT2D eigenvalue weighted by Gasteiger charge is 2.45. The first-order valence-electron chi connectivity index (χ1n) is 11.6. The van der Waals surface area contributed by atoms with Crippen molar-refractivity contribution in [1.82, 2.24) is 9.88 Å². The Labute approximate surface area is 209 Å². The molecule has 0 radical (unpaired) electrons. The van der Waals surface area contributed by atoms with Crippen molar-refractivity contribution in [1.29, 1.82) is 0 Å². The molecular weight excluding hydrogens is 467 g/mol. The predicted octanol–water partition coefficient (Wildman–Crippen LogP) is 5.10. The Bertz CT molecular complexity index is 1200. The summed E-state index contributed by atoms with van der Waals surface area (Å²) >= 11 is 6.37. The maximum absolute atomic E-state index is 13.6. The average Bonchev–Trinajstić information content (AvgIpc) is 3.35. The molecule has 3 aromatic rings. The zero-order valence-electron chi connectivity index (χ0n) is 19.5. The van der Waals surface area contributed by atoms with E-state index in [2.05, 4.69) is 10.3 Å². The lowest BCUT2D eigenvalue weighted by molar-refractivity contribution is -0.136. The second-order valence-corrected chi connectivity index (χ2v) is 9.42. The lowest BCUT2D eigenvalue weighted by Gasteiger charge is -2.34. The summed E-state index contributed by atoms with van der Waals surface area (Å²) in [6, 6.07) is 14.3. The number of rotatable bonds is 7. The number of nitrogens with two attached hydrogens (primary N) is 1. The summed E-state index contributed by atoms with van der Waals surface area (Å²) in [4.78, 5) is 31.7. The summed E-state index contributed by atoms with van der Waals surface area (Å²) in [6.45, 7) is 0.294. The molecule has 3 N–H and O–H groups in total. The molecule has 182 valence electrons. The van der Waals surface area contributed by atoms with Gasteiger partial charge >= 0.3 is 0 Å². The Balaban J connectivity index is 1.44. The molecule has 1 aromatic heterocycles. The molecule has 1 atom stereocenters. The number of carbonyl (C=O) groups excluding carboxylic acids is 2. The van der Waals surface area contributed by atoms with Gasteiger partial charge in [-0.3, -0.25) is 14.6 Å². The molecule has 8 heteroatoms. The van der Waals surface area contributed by atoms with E-state index in [9.17, 15) is 14.0 Å². The SMILES string of the molecule is CN(CC(N)c1ccc(C(=O)Nc2ccncc2)cc1)C(=O)C1(c2ccc(F)cc2Cl)CCCC1. The number of aromatic nitrogens is 1. The topological polar surface area (TPSA) is 88.3 Å². The van der Waals surface area contributed by atoms with Crippen molar-refractivity contribution < 1.29 is 14.0 Å². The molecule has 1 saturated carbocycles. The minimum atomic E-state index is -0.770. The number of benzene rings is 2. The molecule has 1 unspecified atom stereocenters. The minimum Gasteiger partial charge on any atom is -0.343 e. The maximum Gasteiger partial charge on any atom is 0.255 e. The van der Waals surface area contributed by atoms with Crippen LogP contribution in [0.15, 0.2) is 67.0 Å². The Morgan fingerprint density at radius 1 is 1.11 bits per heavy atom. The first-order valence-corrected chi connectivity index (χ1v) is 12.0. The van der Waals surface area contributed by atoms with Gasteiger partial charge in [0.05, 0.1) is 5.41 Å². The van der Waals surface area contributed by atoms with Crippen molar-refractivity contribution in [3.05, 3.63) is 94.5 Å². The van der Waals surface area contributed by atoms with E-state index in [4.69, 9.17) is 17.3 Å². The second kappa shape index (κ2) is 10.5. The van der Waals surface area contributed by atoms with Crippen LogP contribution in [0, 0.1) is 5.82 Å². The molecular formula is C27H28ClFN4O2. The van der Waals surface area contributed by atoms with E-state index in [-0.39, 0.29) is 16.8 Å². The normalized spacial score (nSPS) is 15.4. The molecule has 0 saturated heterocycles. The van der Waals surface area contributed by atoms with Crippen molar-refractivity contribution in [3.63, 3.8) is 0 Å². The number of likely N-dealkylation sites (N-methyl/N-ethyl adjacent to an activating group) is 1. The molecule has 0 spiro atoms. The van der Waals surface area contributed by atoms with Crippen LogP contribution in [0.1, 0.15) is 53.2 Å². The standard InChI is InChI=1S/C27H28ClFN4O2/c1-33(26(35)27(12-2-3-13-27)22-9-8-20(29)16-23(22)28)17-24(30)18-4-6-19(7-5-18)25(34)32-21-10-14-31-15-11-21/h4-11,14-16,24H,2-3,12-13,17,30H2,1H3,(H,31,32,34). The van der Waals surface area contributed by atoms with Crippen LogP contribution in [0.25, 0.3) is 0 Å². The summed E-state index contributed by atoms with van der Waals surface area (Å²) in [5.74, 6) is -0.720. The van der Waals surface area contributed by atoms with Crippen LogP contribution in [-0.2, 0) is 10.2 Å². The lowest BCUT2D eigenvalue weighted by Crippen LogP contribution is -2.46. The largest absolute Gasteiger partial charge is 0.343 e. The van der Waals surface area contributed by atoms with Crippen molar-refractivity contribution in [2.24, 2.45) is 5.73 Å². The van der Waals surface area contributed by atoms with Crippen molar-refractivity contribution >= 4 is 29.1 Å². The summed E-state index contributed by atoms with van der Waals surface area (Å²) in [5, 5.41) is 3.09. The van der Waals surface area contributed by atoms with Crippen molar-refractivity contribution in [2.45, 2.75) is 37.1 Å². The Morgan fingerprint density at radius 3 is 2.40 bits per heavy atom. The Hall–Kier alpha value is -3.29. The fraction of sp³-hybridized carbons (Fsp3) is 0.296. The number of carbonyl (C=O) groups is 2. The van der Waals surface area contributed by atoms with Crippen LogP contribution < -0.4 is 11.1 Å². The van der Waals surface area contributed by atoms with Gasteiger partial charge in [0.1, 0.15) is 5.82 Å². The number of nitrogens with one attached hydrogen (secondary N) is 1. The number of halogens is 2.